The lowest BCUT2D eigenvalue weighted by atomic mass is 10.1. The van der Waals surface area contributed by atoms with Gasteiger partial charge in [0.1, 0.15) is 11.3 Å². The first kappa shape index (κ1) is 15.3. The number of halogens is 4. The van der Waals surface area contributed by atoms with Gasteiger partial charge in [0.25, 0.3) is 6.01 Å². The molecule has 0 amide bonds. The molecule has 2 nitrogen and oxygen atoms in total. The topological polar surface area (TPSA) is 18.5 Å². The van der Waals surface area contributed by atoms with Crippen LogP contribution in [0.5, 0.6) is 5.75 Å². The van der Waals surface area contributed by atoms with Crippen LogP contribution in [-0.2, 0) is 4.74 Å². The van der Waals surface area contributed by atoms with E-state index in [1.54, 1.807) is 6.92 Å². The largest absolute Gasteiger partial charge is 0.494 e. The Morgan fingerprint density at radius 1 is 1.05 bits per heavy atom. The van der Waals surface area contributed by atoms with Gasteiger partial charge in [-0.25, -0.2) is 0 Å². The molecule has 0 aliphatic carbocycles. The Morgan fingerprint density at radius 2 is 1.63 bits per heavy atom. The summed E-state index contributed by atoms with van der Waals surface area (Å²) >= 11 is 0. The van der Waals surface area contributed by atoms with E-state index in [-0.39, 0.29) is 12.2 Å². The average molecular weight is 278 g/mol. The molecule has 106 valence electrons. The van der Waals surface area contributed by atoms with Crippen molar-refractivity contribution in [3.05, 3.63) is 35.8 Å². The third-order valence-electron chi connectivity index (χ3n) is 2.21. The maximum atomic E-state index is 13.4. The standard InChI is InChI=1S/C13H14F4O2/c1-3-18-10-7-5-9(6-8-10)11(13(15,16)17)12(14)19-4-2/h5-8H,3-4H2,1-2H3/b12-11+. The van der Waals surface area contributed by atoms with Crippen molar-refractivity contribution in [2.75, 3.05) is 13.2 Å². The summed E-state index contributed by atoms with van der Waals surface area (Å²) in [5.41, 5.74) is -1.72. The van der Waals surface area contributed by atoms with E-state index < -0.39 is 17.8 Å². The minimum absolute atomic E-state index is 0.178. The van der Waals surface area contributed by atoms with E-state index in [1.807, 2.05) is 0 Å². The molecule has 1 aromatic carbocycles. The summed E-state index contributed by atoms with van der Waals surface area (Å²) in [4.78, 5) is 0. The Bertz CT molecular complexity index is 435. The number of hydrogen-bond acceptors (Lipinski definition) is 2. The van der Waals surface area contributed by atoms with Crippen molar-refractivity contribution in [3.63, 3.8) is 0 Å². The van der Waals surface area contributed by atoms with E-state index in [4.69, 9.17) is 4.74 Å². The molecule has 0 bridgehead atoms. The van der Waals surface area contributed by atoms with Crippen molar-refractivity contribution in [3.8, 4) is 5.75 Å². The minimum Gasteiger partial charge on any atom is -0.494 e. The molecule has 0 saturated heterocycles. The SMILES string of the molecule is CCO/C(F)=C(\c1ccc(OCC)cc1)C(F)(F)F. The quantitative estimate of drug-likeness (QED) is 0.590. The van der Waals surface area contributed by atoms with Crippen LogP contribution >= 0.6 is 0 Å². The summed E-state index contributed by atoms with van der Waals surface area (Å²) in [6.07, 6.45) is -4.83. The summed E-state index contributed by atoms with van der Waals surface area (Å²) in [5, 5.41) is 0. The highest BCUT2D eigenvalue weighted by Gasteiger charge is 2.39. The molecule has 1 aromatic rings. The second-order valence-electron chi connectivity index (χ2n) is 3.54. The number of allylic oxidation sites excluding steroid dienone is 1. The lowest BCUT2D eigenvalue weighted by Gasteiger charge is -2.14. The maximum Gasteiger partial charge on any atom is 0.422 e. The van der Waals surface area contributed by atoms with E-state index in [0.717, 1.165) is 12.1 Å². The van der Waals surface area contributed by atoms with Crippen molar-refractivity contribution in [1.29, 1.82) is 0 Å². The number of ether oxygens (including phenoxy) is 2. The average Bonchev–Trinajstić information content (AvgIpc) is 2.30. The smallest absolute Gasteiger partial charge is 0.422 e. The third kappa shape index (κ3) is 4.15. The lowest BCUT2D eigenvalue weighted by Crippen LogP contribution is -2.13. The molecule has 0 unspecified atom stereocenters. The van der Waals surface area contributed by atoms with Crippen molar-refractivity contribution >= 4 is 5.57 Å². The van der Waals surface area contributed by atoms with Gasteiger partial charge in [-0.15, -0.1) is 0 Å². The summed E-state index contributed by atoms with van der Waals surface area (Å²) in [5.74, 6) is 0.421. The van der Waals surface area contributed by atoms with Gasteiger partial charge in [-0.2, -0.15) is 17.6 Å². The van der Waals surface area contributed by atoms with Crippen LogP contribution < -0.4 is 4.74 Å². The zero-order valence-electron chi connectivity index (χ0n) is 10.6. The Balaban J connectivity index is 3.16. The molecule has 0 fully saturated rings. The van der Waals surface area contributed by atoms with Gasteiger partial charge in [0.2, 0.25) is 0 Å². The molecule has 0 heterocycles. The predicted octanol–water partition coefficient (Wildman–Crippen LogP) is 4.32. The molecule has 19 heavy (non-hydrogen) atoms. The van der Waals surface area contributed by atoms with Crippen LogP contribution in [0, 0.1) is 0 Å². The molecule has 6 heteroatoms. The second-order valence-corrected chi connectivity index (χ2v) is 3.54. The summed E-state index contributed by atoms with van der Waals surface area (Å²) < 4.78 is 61.3. The fourth-order valence-electron chi connectivity index (χ4n) is 1.47. The number of benzene rings is 1. The zero-order valence-corrected chi connectivity index (χ0v) is 10.6. The lowest BCUT2D eigenvalue weighted by molar-refractivity contribution is -0.0730. The second kappa shape index (κ2) is 6.45. The minimum atomic E-state index is -4.83. The fraction of sp³-hybridized carbons (Fsp3) is 0.385. The van der Waals surface area contributed by atoms with Crippen molar-refractivity contribution in [1.82, 2.24) is 0 Å². The highest BCUT2D eigenvalue weighted by atomic mass is 19.4. The molecule has 0 radical (unpaired) electrons. The van der Waals surface area contributed by atoms with Crippen LogP contribution in [0.25, 0.3) is 5.57 Å². The number of rotatable bonds is 5. The van der Waals surface area contributed by atoms with Crippen LogP contribution in [-0.4, -0.2) is 19.4 Å². The van der Waals surface area contributed by atoms with Gasteiger partial charge < -0.3 is 9.47 Å². The van der Waals surface area contributed by atoms with Crippen molar-refractivity contribution in [2.45, 2.75) is 20.0 Å². The van der Waals surface area contributed by atoms with Gasteiger partial charge in [-0.1, -0.05) is 12.1 Å². The van der Waals surface area contributed by atoms with Gasteiger partial charge in [0, 0.05) is 0 Å². The summed E-state index contributed by atoms with van der Waals surface area (Å²) in [7, 11) is 0. The normalized spacial score (nSPS) is 12.9. The fourth-order valence-corrected chi connectivity index (χ4v) is 1.47. The van der Waals surface area contributed by atoms with Crippen molar-refractivity contribution < 1.29 is 27.0 Å². The number of hydrogen-bond donors (Lipinski definition) is 0. The molecular weight excluding hydrogens is 264 g/mol. The van der Waals surface area contributed by atoms with Gasteiger partial charge in [0.05, 0.1) is 13.2 Å². The predicted molar refractivity (Wildman–Crippen MR) is 63.3 cm³/mol. The highest BCUT2D eigenvalue weighted by molar-refractivity contribution is 5.70. The van der Waals surface area contributed by atoms with Crippen LogP contribution in [0.15, 0.2) is 30.3 Å². The Morgan fingerprint density at radius 3 is 2.05 bits per heavy atom. The molecule has 0 aromatic heterocycles. The van der Waals surface area contributed by atoms with Gasteiger partial charge in [-0.3, -0.25) is 0 Å². The van der Waals surface area contributed by atoms with Crippen molar-refractivity contribution in [2.24, 2.45) is 0 Å². The molecule has 0 aliphatic heterocycles. The van der Waals surface area contributed by atoms with Gasteiger partial charge in [0.15, 0.2) is 0 Å². The zero-order chi connectivity index (χ0) is 14.5. The van der Waals surface area contributed by atoms with E-state index >= 15 is 0 Å². The summed E-state index contributed by atoms with van der Waals surface area (Å²) in [6, 6.07) is 3.37. The summed E-state index contributed by atoms with van der Waals surface area (Å²) in [6.45, 7) is 3.38. The van der Waals surface area contributed by atoms with Gasteiger partial charge >= 0.3 is 6.18 Å². The maximum absolute atomic E-state index is 13.4. The van der Waals surface area contributed by atoms with Crippen LogP contribution in [0.1, 0.15) is 19.4 Å². The molecule has 0 saturated carbocycles. The van der Waals surface area contributed by atoms with Crippen LogP contribution in [0.2, 0.25) is 0 Å². The highest BCUT2D eigenvalue weighted by Crippen LogP contribution is 2.37. The van der Waals surface area contributed by atoms with E-state index in [2.05, 4.69) is 4.74 Å². The molecule has 0 spiro atoms. The molecule has 0 atom stereocenters. The van der Waals surface area contributed by atoms with Crippen LogP contribution in [0.3, 0.4) is 0 Å². The van der Waals surface area contributed by atoms with E-state index in [0.29, 0.717) is 12.4 Å². The van der Waals surface area contributed by atoms with E-state index in [1.165, 1.54) is 19.1 Å². The first-order chi connectivity index (χ1) is 8.90. The van der Waals surface area contributed by atoms with Gasteiger partial charge in [-0.05, 0) is 31.5 Å². The molecule has 0 N–H and O–H groups in total. The monoisotopic (exact) mass is 278 g/mol. The Hall–Kier alpha value is -1.72. The molecular formula is C13H14F4O2. The molecule has 1 rings (SSSR count). The molecule has 0 aliphatic rings. The first-order valence-corrected chi connectivity index (χ1v) is 5.73. The van der Waals surface area contributed by atoms with Crippen LogP contribution in [0.4, 0.5) is 17.6 Å². The Kier molecular flexibility index (Phi) is 5.20. The first-order valence-electron chi connectivity index (χ1n) is 5.73. The Labute approximate surface area is 108 Å². The number of alkyl halides is 3. The third-order valence-corrected chi connectivity index (χ3v) is 2.21. The van der Waals surface area contributed by atoms with E-state index in [9.17, 15) is 17.6 Å².